The van der Waals surface area contributed by atoms with E-state index in [2.05, 4.69) is 56.4 Å². The van der Waals surface area contributed by atoms with Crippen LogP contribution in [0, 0.1) is 20.8 Å². The van der Waals surface area contributed by atoms with Crippen LogP contribution in [0.3, 0.4) is 0 Å². The van der Waals surface area contributed by atoms with E-state index in [-0.39, 0.29) is 0 Å². The van der Waals surface area contributed by atoms with Crippen LogP contribution in [-0.2, 0) is 11.3 Å². The van der Waals surface area contributed by atoms with Crippen molar-refractivity contribution < 1.29 is 4.74 Å². The highest BCUT2D eigenvalue weighted by Crippen LogP contribution is 2.23. The molecular formula is C18H24N2O. The van der Waals surface area contributed by atoms with Crippen LogP contribution in [0.5, 0.6) is 0 Å². The maximum atomic E-state index is 5.03. The molecule has 1 N–H and O–H groups in total. The molecule has 0 spiro atoms. The molecule has 0 aliphatic carbocycles. The zero-order valence-electron chi connectivity index (χ0n) is 13.4. The van der Waals surface area contributed by atoms with Gasteiger partial charge in [0.25, 0.3) is 0 Å². The van der Waals surface area contributed by atoms with Gasteiger partial charge in [0, 0.05) is 31.5 Å². The summed E-state index contributed by atoms with van der Waals surface area (Å²) < 4.78 is 5.03. The van der Waals surface area contributed by atoms with Gasteiger partial charge in [-0.15, -0.1) is 0 Å². The average Bonchev–Trinajstić information content (AvgIpc) is 2.45. The molecule has 0 unspecified atom stereocenters. The largest absolute Gasteiger partial charge is 0.383 e. The minimum atomic E-state index is 0.729. The highest BCUT2D eigenvalue weighted by atomic mass is 16.5. The molecule has 2 aromatic rings. The minimum Gasteiger partial charge on any atom is -0.383 e. The lowest BCUT2D eigenvalue weighted by Crippen LogP contribution is -2.19. The van der Waals surface area contributed by atoms with Gasteiger partial charge in [-0.25, -0.2) is 0 Å². The van der Waals surface area contributed by atoms with Gasteiger partial charge in [0.2, 0.25) is 0 Å². The number of nitrogens with zero attached hydrogens (tertiary/aromatic N) is 1. The number of nitrogens with one attached hydrogen (secondary N) is 1. The third-order valence-corrected chi connectivity index (χ3v) is 3.65. The molecule has 0 atom stereocenters. The van der Waals surface area contributed by atoms with E-state index in [0.717, 1.165) is 31.1 Å². The number of aromatic nitrogens is 1. The minimum absolute atomic E-state index is 0.729. The van der Waals surface area contributed by atoms with E-state index in [0.29, 0.717) is 0 Å². The van der Waals surface area contributed by atoms with E-state index < -0.39 is 0 Å². The van der Waals surface area contributed by atoms with Gasteiger partial charge in [-0.1, -0.05) is 29.8 Å². The lowest BCUT2D eigenvalue weighted by molar-refractivity contribution is 0.199. The summed E-state index contributed by atoms with van der Waals surface area (Å²) in [6.07, 6.45) is 0. The second kappa shape index (κ2) is 7.34. The fourth-order valence-electron chi connectivity index (χ4n) is 2.42. The molecule has 0 fully saturated rings. The predicted octanol–water partition coefficient (Wildman–Crippen LogP) is 3.41. The van der Waals surface area contributed by atoms with E-state index in [1.807, 2.05) is 0 Å². The molecule has 112 valence electrons. The van der Waals surface area contributed by atoms with Crippen molar-refractivity contribution in [3.63, 3.8) is 0 Å². The summed E-state index contributed by atoms with van der Waals surface area (Å²) in [7, 11) is 1.72. The van der Waals surface area contributed by atoms with Crippen LogP contribution in [0.15, 0.2) is 30.3 Å². The Hall–Kier alpha value is -1.71. The van der Waals surface area contributed by atoms with Crippen LogP contribution in [0.4, 0.5) is 0 Å². The first-order chi connectivity index (χ1) is 10.1. The van der Waals surface area contributed by atoms with Crippen molar-refractivity contribution in [1.82, 2.24) is 10.3 Å². The molecular weight excluding hydrogens is 260 g/mol. The van der Waals surface area contributed by atoms with Crippen molar-refractivity contribution in [3.8, 4) is 11.3 Å². The lowest BCUT2D eigenvalue weighted by atomic mass is 10.0. The van der Waals surface area contributed by atoms with Crippen molar-refractivity contribution in [3.05, 3.63) is 52.7 Å². The Balaban J connectivity index is 2.14. The smallest absolute Gasteiger partial charge is 0.0708 e. The van der Waals surface area contributed by atoms with Crippen molar-refractivity contribution in [2.75, 3.05) is 20.3 Å². The second-order valence-corrected chi connectivity index (χ2v) is 5.43. The molecule has 0 amide bonds. The molecule has 0 saturated carbocycles. The SMILES string of the molecule is COCCNCc1ccc(-c2ccc(C)cc2C)nc1C. The number of hydrogen-bond acceptors (Lipinski definition) is 3. The molecule has 21 heavy (non-hydrogen) atoms. The molecule has 1 heterocycles. The summed E-state index contributed by atoms with van der Waals surface area (Å²) in [4.78, 5) is 4.76. The molecule has 3 heteroatoms. The van der Waals surface area contributed by atoms with Crippen molar-refractivity contribution >= 4 is 0 Å². The molecule has 0 aliphatic heterocycles. The fourth-order valence-corrected chi connectivity index (χ4v) is 2.42. The first kappa shape index (κ1) is 15.7. The second-order valence-electron chi connectivity index (χ2n) is 5.43. The molecule has 0 aliphatic rings. The summed E-state index contributed by atoms with van der Waals surface area (Å²) in [5, 5.41) is 3.36. The van der Waals surface area contributed by atoms with Gasteiger partial charge < -0.3 is 10.1 Å². The van der Waals surface area contributed by atoms with Crippen LogP contribution >= 0.6 is 0 Å². The molecule has 0 radical (unpaired) electrons. The van der Waals surface area contributed by atoms with Crippen LogP contribution in [0.25, 0.3) is 11.3 Å². The van der Waals surface area contributed by atoms with Gasteiger partial charge in [-0.05, 0) is 38.0 Å². The molecule has 0 bridgehead atoms. The highest BCUT2D eigenvalue weighted by molar-refractivity contribution is 5.64. The first-order valence-electron chi connectivity index (χ1n) is 7.35. The van der Waals surface area contributed by atoms with Gasteiger partial charge in [-0.3, -0.25) is 4.98 Å². The van der Waals surface area contributed by atoms with Crippen molar-refractivity contribution in [2.45, 2.75) is 27.3 Å². The Morgan fingerprint density at radius 3 is 2.57 bits per heavy atom. The maximum absolute atomic E-state index is 5.03. The third kappa shape index (κ3) is 4.13. The van der Waals surface area contributed by atoms with Crippen LogP contribution in [0.1, 0.15) is 22.4 Å². The Bertz CT molecular complexity index is 608. The Kier molecular flexibility index (Phi) is 5.48. The van der Waals surface area contributed by atoms with Gasteiger partial charge in [0.05, 0.1) is 12.3 Å². The zero-order valence-corrected chi connectivity index (χ0v) is 13.4. The summed E-state index contributed by atoms with van der Waals surface area (Å²) in [6, 6.07) is 10.8. The first-order valence-corrected chi connectivity index (χ1v) is 7.35. The van der Waals surface area contributed by atoms with Gasteiger partial charge in [0.1, 0.15) is 0 Å². The van der Waals surface area contributed by atoms with E-state index in [9.17, 15) is 0 Å². The average molecular weight is 284 g/mol. The standard InChI is InChI=1S/C18H24N2O/c1-13-5-7-17(14(2)11-13)18-8-6-16(15(3)20-18)12-19-9-10-21-4/h5-8,11,19H,9-10,12H2,1-4H3. The quantitative estimate of drug-likeness (QED) is 0.825. The predicted molar refractivity (Wildman–Crippen MR) is 87.5 cm³/mol. The third-order valence-electron chi connectivity index (χ3n) is 3.65. The molecule has 0 saturated heterocycles. The number of hydrogen-bond donors (Lipinski definition) is 1. The zero-order chi connectivity index (χ0) is 15.2. The highest BCUT2D eigenvalue weighted by Gasteiger charge is 2.06. The summed E-state index contributed by atoms with van der Waals surface area (Å²) in [5.74, 6) is 0. The van der Waals surface area contributed by atoms with Gasteiger partial charge in [0.15, 0.2) is 0 Å². The summed E-state index contributed by atoms with van der Waals surface area (Å²) >= 11 is 0. The fraction of sp³-hybridized carbons (Fsp3) is 0.389. The molecule has 3 nitrogen and oxygen atoms in total. The van der Waals surface area contributed by atoms with Crippen LogP contribution < -0.4 is 5.32 Å². The number of benzene rings is 1. The number of pyridine rings is 1. The van der Waals surface area contributed by atoms with E-state index in [4.69, 9.17) is 9.72 Å². The van der Waals surface area contributed by atoms with E-state index in [1.54, 1.807) is 7.11 Å². The number of rotatable bonds is 6. The normalized spacial score (nSPS) is 10.9. The van der Waals surface area contributed by atoms with E-state index in [1.165, 1.54) is 22.3 Å². The lowest BCUT2D eigenvalue weighted by Gasteiger charge is -2.11. The van der Waals surface area contributed by atoms with E-state index >= 15 is 0 Å². The summed E-state index contributed by atoms with van der Waals surface area (Å²) in [6.45, 7) is 8.74. The monoisotopic (exact) mass is 284 g/mol. The maximum Gasteiger partial charge on any atom is 0.0708 e. The van der Waals surface area contributed by atoms with Crippen LogP contribution in [-0.4, -0.2) is 25.2 Å². The Morgan fingerprint density at radius 1 is 1.10 bits per heavy atom. The van der Waals surface area contributed by atoms with Crippen molar-refractivity contribution in [2.24, 2.45) is 0 Å². The molecule has 1 aromatic heterocycles. The number of ether oxygens (including phenoxy) is 1. The Morgan fingerprint density at radius 2 is 1.90 bits per heavy atom. The Labute approximate surface area is 127 Å². The number of methoxy groups -OCH3 is 1. The summed E-state index contributed by atoms with van der Waals surface area (Å²) in [5.41, 5.74) is 7.13. The number of aryl methyl sites for hydroxylation is 3. The molecule has 2 rings (SSSR count). The van der Waals surface area contributed by atoms with Crippen molar-refractivity contribution in [1.29, 1.82) is 0 Å². The van der Waals surface area contributed by atoms with Gasteiger partial charge in [-0.2, -0.15) is 0 Å². The van der Waals surface area contributed by atoms with Gasteiger partial charge >= 0.3 is 0 Å². The molecule has 1 aromatic carbocycles. The van der Waals surface area contributed by atoms with Crippen LogP contribution in [0.2, 0.25) is 0 Å². The topological polar surface area (TPSA) is 34.1 Å².